The van der Waals surface area contributed by atoms with E-state index in [1.165, 1.54) is 6.07 Å². The Morgan fingerprint density at radius 2 is 2.14 bits per heavy atom. The second kappa shape index (κ2) is 10.6. The van der Waals surface area contributed by atoms with E-state index in [-0.39, 0.29) is 35.5 Å². The molecule has 2 N–H and O–H groups in total. The smallest absolute Gasteiger partial charge is 0.345 e. The lowest BCUT2D eigenvalue weighted by Gasteiger charge is -2.12. The summed E-state index contributed by atoms with van der Waals surface area (Å²) in [6.07, 6.45) is 3.82. The van der Waals surface area contributed by atoms with Gasteiger partial charge in [0.2, 0.25) is 0 Å². The van der Waals surface area contributed by atoms with Crippen molar-refractivity contribution in [2.45, 2.75) is 52.2 Å². The Kier molecular flexibility index (Phi) is 8.46. The van der Waals surface area contributed by atoms with Gasteiger partial charge in [-0.2, -0.15) is 5.10 Å². The molecule has 7 nitrogen and oxygen atoms in total. The summed E-state index contributed by atoms with van der Waals surface area (Å²) < 4.78 is 16.7. The summed E-state index contributed by atoms with van der Waals surface area (Å²) in [7, 11) is 1.71. The first-order valence-electron chi connectivity index (χ1n) is 9.44. The molecule has 0 saturated carbocycles. The number of fused-ring (bicyclic) bond motifs is 1. The van der Waals surface area contributed by atoms with Crippen molar-refractivity contribution in [2.75, 3.05) is 13.6 Å². The fourth-order valence-corrected chi connectivity index (χ4v) is 3.25. The van der Waals surface area contributed by atoms with Gasteiger partial charge in [-0.25, -0.2) is 13.9 Å². The van der Waals surface area contributed by atoms with Crippen LogP contribution in [0.1, 0.15) is 36.2 Å². The number of hydrogen-bond donors (Lipinski definition) is 2. The van der Waals surface area contributed by atoms with Crippen molar-refractivity contribution in [1.82, 2.24) is 25.0 Å². The molecule has 1 aromatic heterocycles. The third-order valence-electron chi connectivity index (χ3n) is 4.78. The minimum absolute atomic E-state index is 0. The predicted molar refractivity (Wildman–Crippen MR) is 119 cm³/mol. The number of aryl methyl sites for hydroxylation is 3. The van der Waals surface area contributed by atoms with Crippen LogP contribution >= 0.6 is 24.0 Å². The molecule has 28 heavy (non-hydrogen) atoms. The van der Waals surface area contributed by atoms with Gasteiger partial charge in [0.15, 0.2) is 5.96 Å². The Hall–Kier alpha value is -1.91. The molecule has 0 aliphatic carbocycles. The highest BCUT2D eigenvalue weighted by Crippen LogP contribution is 2.10. The second-order valence-electron chi connectivity index (χ2n) is 6.82. The van der Waals surface area contributed by atoms with Crippen LogP contribution in [0.4, 0.5) is 4.39 Å². The van der Waals surface area contributed by atoms with Crippen LogP contribution in [0, 0.1) is 12.7 Å². The highest BCUT2D eigenvalue weighted by molar-refractivity contribution is 14.0. The maximum Gasteiger partial charge on any atom is 0.345 e. The van der Waals surface area contributed by atoms with E-state index in [9.17, 15) is 9.18 Å². The fraction of sp³-hybridized carbons (Fsp3) is 0.526. The molecule has 0 bridgehead atoms. The summed E-state index contributed by atoms with van der Waals surface area (Å²) in [5.41, 5.74) is 1.62. The summed E-state index contributed by atoms with van der Waals surface area (Å²) in [5, 5.41) is 10.9. The molecular weight excluding hydrogens is 474 g/mol. The SMILES string of the molecule is CN=C(NCCCn1nc2n(c1=O)CCCC2)NCc1ccc(F)c(C)c1.I. The molecule has 2 aromatic rings. The van der Waals surface area contributed by atoms with E-state index < -0.39 is 0 Å². The molecule has 9 heteroatoms. The number of nitrogens with zero attached hydrogens (tertiary/aromatic N) is 4. The highest BCUT2D eigenvalue weighted by atomic mass is 127. The molecule has 1 aliphatic heterocycles. The minimum atomic E-state index is -0.197. The molecule has 2 heterocycles. The topological polar surface area (TPSA) is 76.2 Å². The van der Waals surface area contributed by atoms with Crippen molar-refractivity contribution in [1.29, 1.82) is 0 Å². The van der Waals surface area contributed by atoms with E-state index in [2.05, 4.69) is 20.7 Å². The van der Waals surface area contributed by atoms with Crippen molar-refractivity contribution < 1.29 is 4.39 Å². The van der Waals surface area contributed by atoms with Gasteiger partial charge in [0, 0.05) is 39.6 Å². The summed E-state index contributed by atoms with van der Waals surface area (Å²) in [6.45, 7) is 4.36. The number of halogens is 2. The largest absolute Gasteiger partial charge is 0.356 e. The van der Waals surface area contributed by atoms with Crippen LogP contribution < -0.4 is 16.3 Å². The Morgan fingerprint density at radius 3 is 2.86 bits per heavy atom. The predicted octanol–water partition coefficient (Wildman–Crippen LogP) is 2.20. The van der Waals surface area contributed by atoms with E-state index in [1.807, 2.05) is 6.07 Å². The van der Waals surface area contributed by atoms with E-state index in [4.69, 9.17) is 0 Å². The van der Waals surface area contributed by atoms with Crippen LogP contribution in [-0.2, 0) is 26.1 Å². The quantitative estimate of drug-likeness (QED) is 0.275. The second-order valence-corrected chi connectivity index (χ2v) is 6.82. The van der Waals surface area contributed by atoms with Crippen LogP contribution in [0.25, 0.3) is 0 Å². The molecule has 3 rings (SSSR count). The van der Waals surface area contributed by atoms with E-state index in [0.717, 1.165) is 43.6 Å². The normalized spacial score (nSPS) is 13.6. The van der Waals surface area contributed by atoms with Gasteiger partial charge in [-0.1, -0.05) is 12.1 Å². The number of aromatic nitrogens is 3. The molecule has 1 aliphatic rings. The molecule has 0 saturated heterocycles. The van der Waals surface area contributed by atoms with E-state index >= 15 is 0 Å². The van der Waals surface area contributed by atoms with Crippen molar-refractivity contribution in [3.05, 3.63) is 51.5 Å². The number of benzene rings is 1. The number of rotatable bonds is 6. The molecular formula is C19H28FIN6O. The summed E-state index contributed by atoms with van der Waals surface area (Å²) >= 11 is 0. The molecule has 154 valence electrons. The van der Waals surface area contributed by atoms with Crippen LogP contribution in [0.2, 0.25) is 0 Å². The lowest BCUT2D eigenvalue weighted by molar-refractivity contribution is 0.509. The summed E-state index contributed by atoms with van der Waals surface area (Å²) in [6, 6.07) is 5.06. The first-order chi connectivity index (χ1) is 13.1. The first kappa shape index (κ1) is 22.4. The third kappa shape index (κ3) is 5.55. The van der Waals surface area contributed by atoms with Crippen LogP contribution in [0.3, 0.4) is 0 Å². The van der Waals surface area contributed by atoms with Gasteiger partial charge in [0.1, 0.15) is 11.6 Å². The summed E-state index contributed by atoms with van der Waals surface area (Å²) in [5.74, 6) is 1.39. The fourth-order valence-electron chi connectivity index (χ4n) is 3.25. The zero-order chi connectivity index (χ0) is 19.2. The monoisotopic (exact) mass is 502 g/mol. The number of hydrogen-bond acceptors (Lipinski definition) is 3. The molecule has 1 aromatic carbocycles. The van der Waals surface area contributed by atoms with Gasteiger partial charge in [0.05, 0.1) is 0 Å². The highest BCUT2D eigenvalue weighted by Gasteiger charge is 2.16. The first-order valence-corrected chi connectivity index (χ1v) is 9.44. The van der Waals surface area contributed by atoms with Crippen molar-refractivity contribution in [2.24, 2.45) is 4.99 Å². The third-order valence-corrected chi connectivity index (χ3v) is 4.78. The van der Waals surface area contributed by atoms with Gasteiger partial charge in [-0.05, 0) is 43.4 Å². The Morgan fingerprint density at radius 1 is 1.32 bits per heavy atom. The van der Waals surface area contributed by atoms with E-state index in [0.29, 0.717) is 31.2 Å². The van der Waals surface area contributed by atoms with Gasteiger partial charge >= 0.3 is 5.69 Å². The van der Waals surface area contributed by atoms with Crippen LogP contribution in [0.15, 0.2) is 28.0 Å². The van der Waals surface area contributed by atoms with Crippen LogP contribution in [0.5, 0.6) is 0 Å². The molecule has 0 radical (unpaired) electrons. The van der Waals surface area contributed by atoms with Crippen molar-refractivity contribution in [3.63, 3.8) is 0 Å². The average Bonchev–Trinajstić information content (AvgIpc) is 3.00. The van der Waals surface area contributed by atoms with Crippen molar-refractivity contribution in [3.8, 4) is 0 Å². The van der Waals surface area contributed by atoms with Gasteiger partial charge in [-0.3, -0.25) is 9.56 Å². The lowest BCUT2D eigenvalue weighted by atomic mass is 10.1. The number of nitrogens with one attached hydrogen (secondary N) is 2. The van der Waals surface area contributed by atoms with Crippen molar-refractivity contribution >= 4 is 29.9 Å². The summed E-state index contributed by atoms with van der Waals surface area (Å²) in [4.78, 5) is 16.5. The van der Waals surface area contributed by atoms with E-state index in [1.54, 1.807) is 29.3 Å². The Bertz CT molecular complexity index is 876. The standard InChI is InChI=1S/C19H27FN6O.HI/c1-14-12-15(7-8-16(14)20)13-23-18(21-2)22-9-5-11-26-19(27)25-10-4-3-6-17(25)24-26;/h7-8,12H,3-6,9-11,13H2,1-2H3,(H2,21,22,23);1H. The van der Waals surface area contributed by atoms with Gasteiger partial charge in [-0.15, -0.1) is 24.0 Å². The molecule has 0 fully saturated rings. The number of aliphatic imine (C=N–C) groups is 1. The zero-order valence-electron chi connectivity index (χ0n) is 16.4. The Labute approximate surface area is 181 Å². The number of guanidine groups is 1. The lowest BCUT2D eigenvalue weighted by Crippen LogP contribution is -2.38. The average molecular weight is 502 g/mol. The van der Waals surface area contributed by atoms with Crippen LogP contribution in [-0.4, -0.2) is 33.9 Å². The molecule has 0 amide bonds. The Balaban J connectivity index is 0.00000280. The minimum Gasteiger partial charge on any atom is -0.356 e. The molecule has 0 unspecified atom stereocenters. The molecule has 0 spiro atoms. The maximum absolute atomic E-state index is 13.3. The van der Waals surface area contributed by atoms with Gasteiger partial charge in [0.25, 0.3) is 0 Å². The molecule has 0 atom stereocenters. The zero-order valence-corrected chi connectivity index (χ0v) is 18.7. The van der Waals surface area contributed by atoms with Gasteiger partial charge < -0.3 is 10.6 Å². The maximum atomic E-state index is 13.3.